The van der Waals surface area contributed by atoms with E-state index in [0.29, 0.717) is 0 Å². The maximum Gasteiger partial charge on any atom is 0.320 e. The van der Waals surface area contributed by atoms with Crippen LogP contribution in [0, 0.1) is 5.41 Å². The van der Waals surface area contributed by atoms with Gasteiger partial charge in [-0.1, -0.05) is 41.5 Å². The van der Waals surface area contributed by atoms with Gasteiger partial charge >= 0.3 is 6.03 Å². The van der Waals surface area contributed by atoms with Crippen LogP contribution in [0.4, 0.5) is 4.79 Å². The number of oxazole rings is 1. The third kappa shape index (κ3) is 3.02. The summed E-state index contributed by atoms with van der Waals surface area (Å²) < 4.78 is 6.18. The number of rotatable bonds is 0. The van der Waals surface area contributed by atoms with Crippen LogP contribution < -0.4 is 0 Å². The number of amides is 2. The number of likely N-dealkylation sites (tertiary alicyclic amines) is 2. The quantitative estimate of drug-likeness (QED) is 0.550. The average Bonchev–Trinajstić information content (AvgIpc) is 3.14. The van der Waals surface area contributed by atoms with E-state index in [2.05, 4.69) is 63.5 Å². The van der Waals surface area contributed by atoms with Crippen molar-refractivity contribution in [3.05, 3.63) is 29.2 Å². The number of carbonyl (C=O) groups excluding carboxylic acids is 1. The third-order valence-electron chi connectivity index (χ3n) is 8.62. The van der Waals surface area contributed by atoms with Gasteiger partial charge in [-0.05, 0) is 60.8 Å². The molecule has 2 aliphatic heterocycles. The summed E-state index contributed by atoms with van der Waals surface area (Å²) in [5.74, 6) is 0.791. The number of piperidine rings is 2. The van der Waals surface area contributed by atoms with Crippen LogP contribution in [-0.4, -0.2) is 46.5 Å². The molecule has 3 heterocycles. The lowest BCUT2D eigenvalue weighted by Gasteiger charge is -2.61. The fraction of sp³-hybridized carbons (Fsp3) is 0.692. The number of hydrogen-bond acceptors (Lipinski definition) is 3. The van der Waals surface area contributed by atoms with Crippen LogP contribution in [0.2, 0.25) is 0 Å². The van der Waals surface area contributed by atoms with Crippen LogP contribution in [0.25, 0.3) is 11.1 Å². The van der Waals surface area contributed by atoms with Crippen LogP contribution in [0.1, 0.15) is 84.2 Å². The molecule has 5 rings (SSSR count). The standard InChI is InChI=1S/C26H37N3O2/c1-24(2,3)22-27-19-16-18-17(14-20(19)31-22)15-21-25(4,5)26(18,6)10-13-29(21)23(30)28-11-8-7-9-12-28/h14,16,21H,7-13,15H2,1-6H3/t21-,26+/m1/s1. The molecule has 0 N–H and O–H groups in total. The number of urea groups is 1. The molecule has 1 aromatic heterocycles. The number of nitrogens with zero attached hydrogens (tertiary/aromatic N) is 3. The summed E-state index contributed by atoms with van der Waals surface area (Å²) in [5, 5.41) is 0. The Morgan fingerprint density at radius 3 is 2.48 bits per heavy atom. The minimum Gasteiger partial charge on any atom is -0.440 e. The van der Waals surface area contributed by atoms with Crippen molar-refractivity contribution < 1.29 is 9.21 Å². The fourth-order valence-electron chi connectivity index (χ4n) is 6.15. The van der Waals surface area contributed by atoms with Gasteiger partial charge < -0.3 is 14.2 Å². The van der Waals surface area contributed by atoms with E-state index in [1.165, 1.54) is 17.5 Å². The number of carbonyl (C=O) groups is 1. The van der Waals surface area contributed by atoms with Crippen molar-refractivity contribution in [1.82, 2.24) is 14.8 Å². The van der Waals surface area contributed by atoms with Gasteiger partial charge in [-0.3, -0.25) is 0 Å². The summed E-state index contributed by atoms with van der Waals surface area (Å²) in [7, 11) is 0. The maximum atomic E-state index is 13.5. The molecular formula is C26H37N3O2. The van der Waals surface area contributed by atoms with Crippen molar-refractivity contribution in [2.24, 2.45) is 5.41 Å². The van der Waals surface area contributed by atoms with Crippen LogP contribution >= 0.6 is 0 Å². The Morgan fingerprint density at radius 1 is 1.10 bits per heavy atom. The summed E-state index contributed by atoms with van der Waals surface area (Å²) in [6.45, 7) is 16.2. The number of benzene rings is 1. The van der Waals surface area contributed by atoms with Gasteiger partial charge in [0.05, 0.1) is 0 Å². The van der Waals surface area contributed by atoms with E-state index in [0.717, 1.165) is 62.3 Å². The molecule has 2 fully saturated rings. The predicted octanol–water partition coefficient (Wildman–Crippen LogP) is 5.65. The fourth-order valence-corrected chi connectivity index (χ4v) is 6.15. The van der Waals surface area contributed by atoms with Gasteiger partial charge in [-0.15, -0.1) is 0 Å². The van der Waals surface area contributed by atoms with E-state index in [-0.39, 0.29) is 28.3 Å². The van der Waals surface area contributed by atoms with Gasteiger partial charge in [0.1, 0.15) is 5.52 Å². The SMILES string of the molecule is CC(C)(C)c1nc2cc3c(cc2o1)C[C@H]1N(C(=O)N2CCCCC2)CC[C@]3(C)C1(C)C. The zero-order chi connectivity index (χ0) is 22.2. The van der Waals surface area contributed by atoms with Crippen molar-refractivity contribution in [3.8, 4) is 0 Å². The van der Waals surface area contributed by atoms with E-state index >= 15 is 0 Å². The van der Waals surface area contributed by atoms with Gasteiger partial charge in [0.25, 0.3) is 0 Å². The molecule has 0 spiro atoms. The van der Waals surface area contributed by atoms with Gasteiger partial charge in [0, 0.05) is 36.5 Å². The molecular weight excluding hydrogens is 386 g/mol. The van der Waals surface area contributed by atoms with Crippen molar-refractivity contribution >= 4 is 17.1 Å². The van der Waals surface area contributed by atoms with Crippen molar-refractivity contribution in [1.29, 1.82) is 0 Å². The molecule has 2 bridgehead atoms. The lowest BCUT2D eigenvalue weighted by Crippen LogP contribution is -2.66. The van der Waals surface area contributed by atoms with Gasteiger partial charge in [-0.2, -0.15) is 0 Å². The van der Waals surface area contributed by atoms with Crippen LogP contribution in [0.5, 0.6) is 0 Å². The first-order chi connectivity index (χ1) is 14.5. The lowest BCUT2D eigenvalue weighted by atomic mass is 9.51. The molecule has 31 heavy (non-hydrogen) atoms. The minimum atomic E-state index is -0.115. The Balaban J connectivity index is 1.56. The first-order valence-electron chi connectivity index (χ1n) is 12.0. The van der Waals surface area contributed by atoms with Crippen molar-refractivity contribution in [3.63, 3.8) is 0 Å². The van der Waals surface area contributed by atoms with E-state index in [9.17, 15) is 4.79 Å². The summed E-state index contributed by atoms with van der Waals surface area (Å²) >= 11 is 0. The van der Waals surface area contributed by atoms with Crippen LogP contribution in [-0.2, 0) is 17.3 Å². The highest BCUT2D eigenvalue weighted by molar-refractivity contribution is 5.78. The van der Waals surface area contributed by atoms with Crippen molar-refractivity contribution in [2.75, 3.05) is 19.6 Å². The number of fused-ring (bicyclic) bond motifs is 5. The van der Waals surface area contributed by atoms with Gasteiger partial charge in [0.15, 0.2) is 5.58 Å². The molecule has 3 aliphatic rings. The van der Waals surface area contributed by atoms with Crippen LogP contribution in [0.15, 0.2) is 16.5 Å². The number of aromatic nitrogens is 1. The lowest BCUT2D eigenvalue weighted by molar-refractivity contribution is -0.0241. The molecule has 5 nitrogen and oxygen atoms in total. The largest absolute Gasteiger partial charge is 0.440 e. The molecule has 0 saturated carbocycles. The molecule has 2 atom stereocenters. The molecule has 0 unspecified atom stereocenters. The maximum absolute atomic E-state index is 13.5. The summed E-state index contributed by atoms with van der Waals surface area (Å²) in [5.41, 5.74) is 4.46. The highest BCUT2D eigenvalue weighted by atomic mass is 16.3. The second-order valence-corrected chi connectivity index (χ2v) is 11.8. The van der Waals surface area contributed by atoms with E-state index in [1.54, 1.807) is 0 Å². The van der Waals surface area contributed by atoms with E-state index < -0.39 is 0 Å². The van der Waals surface area contributed by atoms with Crippen LogP contribution in [0.3, 0.4) is 0 Å². The molecule has 2 aromatic rings. The second-order valence-electron chi connectivity index (χ2n) is 11.8. The molecule has 0 radical (unpaired) electrons. The summed E-state index contributed by atoms with van der Waals surface area (Å²) in [6.07, 6.45) is 5.38. The molecule has 1 aromatic carbocycles. The molecule has 2 amide bonds. The molecule has 2 saturated heterocycles. The Kier molecular flexibility index (Phi) is 4.52. The Hall–Kier alpha value is -2.04. The average molecular weight is 424 g/mol. The zero-order valence-corrected chi connectivity index (χ0v) is 20.0. The highest BCUT2D eigenvalue weighted by Crippen LogP contribution is 2.56. The third-order valence-corrected chi connectivity index (χ3v) is 8.62. The topological polar surface area (TPSA) is 49.6 Å². The smallest absolute Gasteiger partial charge is 0.320 e. The first-order valence-corrected chi connectivity index (χ1v) is 12.0. The summed E-state index contributed by atoms with van der Waals surface area (Å²) in [4.78, 5) is 22.6. The highest BCUT2D eigenvalue weighted by Gasteiger charge is 2.57. The second kappa shape index (κ2) is 6.73. The van der Waals surface area contributed by atoms with Crippen molar-refractivity contribution in [2.45, 2.75) is 90.5 Å². The van der Waals surface area contributed by atoms with E-state index in [1.807, 2.05) is 0 Å². The molecule has 168 valence electrons. The first kappa shape index (κ1) is 20.8. The molecule has 5 heteroatoms. The van der Waals surface area contributed by atoms with Gasteiger partial charge in [0.2, 0.25) is 5.89 Å². The zero-order valence-electron chi connectivity index (χ0n) is 20.0. The van der Waals surface area contributed by atoms with E-state index in [4.69, 9.17) is 9.40 Å². The minimum absolute atomic E-state index is 0.00599. The number of hydrogen-bond donors (Lipinski definition) is 0. The normalized spacial score (nSPS) is 28.0. The predicted molar refractivity (Wildman–Crippen MR) is 123 cm³/mol. The monoisotopic (exact) mass is 423 g/mol. The molecule has 1 aliphatic carbocycles. The Labute approximate surface area is 186 Å². The Bertz CT molecular complexity index is 1030. The Morgan fingerprint density at radius 2 is 1.81 bits per heavy atom. The van der Waals surface area contributed by atoms with Gasteiger partial charge in [-0.25, -0.2) is 9.78 Å². The summed E-state index contributed by atoms with van der Waals surface area (Å²) in [6, 6.07) is 4.95.